The first-order valence-electron chi connectivity index (χ1n) is 4.71. The zero-order valence-corrected chi connectivity index (χ0v) is 10.4. The molecule has 15 heavy (non-hydrogen) atoms. The third kappa shape index (κ3) is 3.99. The highest BCUT2D eigenvalue weighted by Crippen LogP contribution is 2.21. The van der Waals surface area contributed by atoms with Gasteiger partial charge in [-0.25, -0.2) is 0 Å². The molecule has 0 amide bonds. The lowest BCUT2D eigenvalue weighted by Crippen LogP contribution is -2.30. The van der Waals surface area contributed by atoms with E-state index in [-0.39, 0.29) is 24.4 Å². The Morgan fingerprint density at radius 1 is 1.33 bits per heavy atom. The van der Waals surface area contributed by atoms with Gasteiger partial charge < -0.3 is 10.8 Å². The normalized spacial score (nSPS) is 14.5. The maximum atomic E-state index is 9.77. The summed E-state index contributed by atoms with van der Waals surface area (Å²) in [5.74, 6) is 0.143. The first-order chi connectivity index (χ1) is 6.52. The van der Waals surface area contributed by atoms with Gasteiger partial charge in [0.05, 0.1) is 12.1 Å². The molecule has 0 saturated heterocycles. The van der Waals surface area contributed by atoms with E-state index in [0.29, 0.717) is 5.02 Å². The van der Waals surface area contributed by atoms with Gasteiger partial charge in [-0.3, -0.25) is 0 Å². The van der Waals surface area contributed by atoms with Crippen molar-refractivity contribution in [3.05, 3.63) is 34.9 Å². The van der Waals surface area contributed by atoms with E-state index in [4.69, 9.17) is 17.3 Å². The first-order valence-corrected chi connectivity index (χ1v) is 5.09. The van der Waals surface area contributed by atoms with E-state index in [1.807, 2.05) is 26.0 Å². The lowest BCUT2D eigenvalue weighted by molar-refractivity contribution is 0.0979. The van der Waals surface area contributed by atoms with Crippen LogP contribution in [0.4, 0.5) is 0 Å². The molecule has 0 radical (unpaired) electrons. The van der Waals surface area contributed by atoms with E-state index in [9.17, 15) is 5.11 Å². The van der Waals surface area contributed by atoms with Crippen molar-refractivity contribution in [2.24, 2.45) is 11.7 Å². The van der Waals surface area contributed by atoms with Crippen molar-refractivity contribution >= 4 is 24.0 Å². The second-order valence-electron chi connectivity index (χ2n) is 3.82. The van der Waals surface area contributed by atoms with Gasteiger partial charge in [0.1, 0.15) is 0 Å². The average Bonchev–Trinajstić information content (AvgIpc) is 2.15. The number of hydrogen-bond donors (Lipinski definition) is 2. The largest absolute Gasteiger partial charge is 0.391 e. The van der Waals surface area contributed by atoms with E-state index in [1.165, 1.54) is 0 Å². The Bertz CT molecular complexity index is 304. The molecule has 1 rings (SSSR count). The Kier molecular flexibility index (Phi) is 6.22. The second-order valence-corrected chi connectivity index (χ2v) is 4.25. The summed E-state index contributed by atoms with van der Waals surface area (Å²) in [7, 11) is 0. The van der Waals surface area contributed by atoms with Crippen molar-refractivity contribution in [1.82, 2.24) is 0 Å². The van der Waals surface area contributed by atoms with Crippen molar-refractivity contribution in [3.63, 3.8) is 0 Å². The molecule has 0 aliphatic carbocycles. The molecular weight excluding hydrogens is 233 g/mol. The fourth-order valence-electron chi connectivity index (χ4n) is 1.33. The minimum atomic E-state index is -0.534. The Hall–Kier alpha value is -0.280. The molecule has 0 aliphatic heterocycles. The number of nitrogens with two attached hydrogens (primary N) is 1. The maximum Gasteiger partial charge on any atom is 0.0755 e. The standard InChI is InChI=1S/C11H16ClNO.ClH/c1-7(2)11(14)10(13)8-4-3-5-9(12)6-8;/h3-7,10-11,14H,13H2,1-2H3;1H/t10-,11+;/m0./s1. The van der Waals surface area contributed by atoms with Gasteiger partial charge in [-0.05, 0) is 23.6 Å². The molecule has 0 spiro atoms. The van der Waals surface area contributed by atoms with E-state index in [2.05, 4.69) is 0 Å². The number of aliphatic hydroxyl groups excluding tert-OH is 1. The van der Waals surface area contributed by atoms with Crippen molar-refractivity contribution in [1.29, 1.82) is 0 Å². The van der Waals surface area contributed by atoms with Crippen LogP contribution in [0.2, 0.25) is 5.02 Å². The van der Waals surface area contributed by atoms with E-state index in [1.54, 1.807) is 12.1 Å². The summed E-state index contributed by atoms with van der Waals surface area (Å²) >= 11 is 5.84. The smallest absolute Gasteiger partial charge is 0.0755 e. The van der Waals surface area contributed by atoms with E-state index >= 15 is 0 Å². The number of halogens is 2. The third-order valence-corrected chi connectivity index (χ3v) is 2.52. The predicted molar refractivity (Wildman–Crippen MR) is 66.5 cm³/mol. The van der Waals surface area contributed by atoms with Crippen LogP contribution in [-0.2, 0) is 0 Å². The zero-order chi connectivity index (χ0) is 10.7. The van der Waals surface area contributed by atoms with Crippen LogP contribution in [0.25, 0.3) is 0 Å². The number of hydrogen-bond acceptors (Lipinski definition) is 2. The molecule has 2 nitrogen and oxygen atoms in total. The quantitative estimate of drug-likeness (QED) is 0.866. The Balaban J connectivity index is 0.00000196. The summed E-state index contributed by atoms with van der Waals surface area (Å²) < 4.78 is 0. The fourth-order valence-corrected chi connectivity index (χ4v) is 1.52. The zero-order valence-electron chi connectivity index (χ0n) is 8.85. The Morgan fingerprint density at radius 2 is 1.93 bits per heavy atom. The highest BCUT2D eigenvalue weighted by atomic mass is 35.5. The van der Waals surface area contributed by atoms with Gasteiger partial charge in [0.15, 0.2) is 0 Å². The molecule has 86 valence electrons. The minimum Gasteiger partial charge on any atom is -0.391 e. The Labute approximate surface area is 102 Å². The lowest BCUT2D eigenvalue weighted by atomic mass is 9.95. The number of benzene rings is 1. The molecule has 0 bridgehead atoms. The van der Waals surface area contributed by atoms with Crippen LogP contribution in [0.1, 0.15) is 25.5 Å². The van der Waals surface area contributed by atoms with Gasteiger partial charge in [-0.1, -0.05) is 37.6 Å². The number of rotatable bonds is 3. The SMILES string of the molecule is CC(C)[C@@H](O)[C@@H](N)c1cccc(Cl)c1.Cl. The van der Waals surface area contributed by atoms with Crippen molar-refractivity contribution < 1.29 is 5.11 Å². The summed E-state index contributed by atoms with van der Waals surface area (Å²) in [5.41, 5.74) is 6.77. The summed E-state index contributed by atoms with van der Waals surface area (Å²) in [6, 6.07) is 6.93. The molecule has 1 aromatic rings. The third-order valence-electron chi connectivity index (χ3n) is 2.28. The molecule has 0 fully saturated rings. The van der Waals surface area contributed by atoms with E-state index in [0.717, 1.165) is 5.56 Å². The molecule has 4 heteroatoms. The van der Waals surface area contributed by atoms with Gasteiger partial charge in [-0.15, -0.1) is 12.4 Å². The first kappa shape index (κ1) is 14.7. The molecule has 0 unspecified atom stereocenters. The van der Waals surface area contributed by atoms with Gasteiger partial charge >= 0.3 is 0 Å². The summed E-state index contributed by atoms with van der Waals surface area (Å²) in [5, 5.41) is 10.4. The predicted octanol–water partition coefficient (Wildman–Crippen LogP) is 2.78. The molecule has 0 aliphatic rings. The summed E-state index contributed by atoms with van der Waals surface area (Å²) in [6.07, 6.45) is -0.534. The fraction of sp³-hybridized carbons (Fsp3) is 0.455. The molecule has 0 saturated carbocycles. The number of aliphatic hydroxyl groups is 1. The van der Waals surface area contributed by atoms with Gasteiger partial charge in [0.25, 0.3) is 0 Å². The highest BCUT2D eigenvalue weighted by molar-refractivity contribution is 6.30. The van der Waals surface area contributed by atoms with Gasteiger partial charge in [-0.2, -0.15) is 0 Å². The molecule has 2 atom stereocenters. The van der Waals surface area contributed by atoms with Crippen LogP contribution in [0.15, 0.2) is 24.3 Å². The minimum absolute atomic E-state index is 0. The molecule has 3 N–H and O–H groups in total. The van der Waals surface area contributed by atoms with Gasteiger partial charge in [0, 0.05) is 5.02 Å². The highest BCUT2D eigenvalue weighted by Gasteiger charge is 2.19. The van der Waals surface area contributed by atoms with Crippen molar-refractivity contribution in [2.75, 3.05) is 0 Å². The van der Waals surface area contributed by atoms with Crippen molar-refractivity contribution in [2.45, 2.75) is 26.0 Å². The lowest BCUT2D eigenvalue weighted by Gasteiger charge is -2.22. The average molecular weight is 250 g/mol. The molecule has 0 heterocycles. The topological polar surface area (TPSA) is 46.2 Å². The monoisotopic (exact) mass is 249 g/mol. The summed E-state index contributed by atoms with van der Waals surface area (Å²) in [4.78, 5) is 0. The maximum absolute atomic E-state index is 9.77. The van der Waals surface area contributed by atoms with Crippen LogP contribution in [-0.4, -0.2) is 11.2 Å². The van der Waals surface area contributed by atoms with Crippen LogP contribution >= 0.6 is 24.0 Å². The molecule has 1 aromatic carbocycles. The second kappa shape index (κ2) is 6.33. The van der Waals surface area contributed by atoms with Crippen LogP contribution in [0, 0.1) is 5.92 Å². The molecule has 0 aromatic heterocycles. The summed E-state index contributed by atoms with van der Waals surface area (Å²) in [6.45, 7) is 3.88. The van der Waals surface area contributed by atoms with Gasteiger partial charge in [0.2, 0.25) is 0 Å². The van der Waals surface area contributed by atoms with Crippen LogP contribution in [0.5, 0.6) is 0 Å². The van der Waals surface area contributed by atoms with Crippen molar-refractivity contribution in [3.8, 4) is 0 Å². The molecular formula is C11H17Cl2NO. The van der Waals surface area contributed by atoms with Crippen LogP contribution in [0.3, 0.4) is 0 Å². The van der Waals surface area contributed by atoms with Crippen LogP contribution < -0.4 is 5.73 Å². The van der Waals surface area contributed by atoms with E-state index < -0.39 is 6.10 Å². The Morgan fingerprint density at radius 3 is 2.40 bits per heavy atom.